The fourth-order valence-corrected chi connectivity index (χ4v) is 3.06. The molecule has 0 aliphatic carbocycles. The van der Waals surface area contributed by atoms with Gasteiger partial charge in [0.15, 0.2) is 12.1 Å². The van der Waals surface area contributed by atoms with Crippen molar-refractivity contribution in [2.45, 2.75) is 25.5 Å². The van der Waals surface area contributed by atoms with Crippen LogP contribution in [-0.2, 0) is 16.0 Å². The Kier molecular flexibility index (Phi) is 4.51. The summed E-state index contributed by atoms with van der Waals surface area (Å²) >= 11 is 0. The molecule has 0 radical (unpaired) electrons. The van der Waals surface area contributed by atoms with E-state index in [9.17, 15) is 14.7 Å². The lowest BCUT2D eigenvalue weighted by Crippen LogP contribution is -2.48. The summed E-state index contributed by atoms with van der Waals surface area (Å²) in [5.41, 5.74) is 1.65. The number of aliphatic carboxylic acids is 1. The van der Waals surface area contributed by atoms with Gasteiger partial charge in [-0.05, 0) is 36.6 Å². The first-order chi connectivity index (χ1) is 11.6. The number of rotatable bonds is 4. The Labute approximate surface area is 140 Å². The number of nitrogens with zero attached hydrogens (tertiary/aromatic N) is 1. The maximum Gasteiger partial charge on any atom is 0.331 e. The van der Waals surface area contributed by atoms with Gasteiger partial charge in [0.1, 0.15) is 5.75 Å². The SMILES string of the molecule is CC(Oc1ccccc1)C(=O)N1CCc2ccccc2C1C(=O)O. The number of hydrogen-bond donors (Lipinski definition) is 1. The lowest BCUT2D eigenvalue weighted by molar-refractivity contribution is -0.154. The number of carbonyl (C=O) groups is 2. The van der Waals surface area contributed by atoms with Crippen molar-refractivity contribution < 1.29 is 19.4 Å². The van der Waals surface area contributed by atoms with Gasteiger partial charge in [-0.1, -0.05) is 42.5 Å². The molecule has 2 unspecified atom stereocenters. The second-order valence-corrected chi connectivity index (χ2v) is 5.79. The number of carbonyl (C=O) groups excluding carboxylic acids is 1. The average molecular weight is 325 g/mol. The van der Waals surface area contributed by atoms with Gasteiger partial charge in [-0.25, -0.2) is 4.79 Å². The maximum absolute atomic E-state index is 12.8. The van der Waals surface area contributed by atoms with Crippen LogP contribution in [0.2, 0.25) is 0 Å². The molecule has 5 nitrogen and oxygen atoms in total. The lowest BCUT2D eigenvalue weighted by Gasteiger charge is -2.36. The van der Waals surface area contributed by atoms with Gasteiger partial charge in [-0.3, -0.25) is 4.79 Å². The zero-order chi connectivity index (χ0) is 17.1. The molecule has 5 heteroatoms. The van der Waals surface area contributed by atoms with E-state index in [0.717, 1.165) is 5.56 Å². The first kappa shape index (κ1) is 16.1. The normalized spacial score (nSPS) is 17.7. The third-order valence-corrected chi connectivity index (χ3v) is 4.20. The number of ether oxygens (including phenoxy) is 1. The summed E-state index contributed by atoms with van der Waals surface area (Å²) in [7, 11) is 0. The number of carboxylic acids is 1. The zero-order valence-electron chi connectivity index (χ0n) is 13.4. The smallest absolute Gasteiger partial charge is 0.331 e. The van der Waals surface area contributed by atoms with Crippen molar-refractivity contribution in [3.63, 3.8) is 0 Å². The molecule has 2 aromatic carbocycles. The lowest BCUT2D eigenvalue weighted by atomic mass is 9.92. The van der Waals surface area contributed by atoms with Crippen molar-refractivity contribution in [3.05, 3.63) is 65.7 Å². The molecule has 1 heterocycles. The number of fused-ring (bicyclic) bond motifs is 1. The summed E-state index contributed by atoms with van der Waals surface area (Å²) in [6.07, 6.45) is -0.108. The van der Waals surface area contributed by atoms with E-state index in [0.29, 0.717) is 24.3 Å². The Morgan fingerprint density at radius 3 is 2.50 bits per heavy atom. The molecular formula is C19H19NO4. The Bertz CT molecular complexity index is 744. The van der Waals surface area contributed by atoms with E-state index in [1.54, 1.807) is 31.2 Å². The van der Waals surface area contributed by atoms with E-state index in [-0.39, 0.29) is 5.91 Å². The standard InChI is InChI=1S/C19H19NO4/c1-13(24-15-8-3-2-4-9-15)18(21)20-12-11-14-7-5-6-10-16(14)17(20)19(22)23/h2-10,13,17H,11-12H2,1H3,(H,22,23). The quantitative estimate of drug-likeness (QED) is 0.938. The van der Waals surface area contributed by atoms with Crippen LogP contribution >= 0.6 is 0 Å². The minimum atomic E-state index is -1.03. The monoisotopic (exact) mass is 325 g/mol. The molecular weight excluding hydrogens is 306 g/mol. The summed E-state index contributed by atoms with van der Waals surface area (Å²) in [6.45, 7) is 2.02. The van der Waals surface area contributed by atoms with E-state index >= 15 is 0 Å². The van der Waals surface area contributed by atoms with Crippen LogP contribution in [0.1, 0.15) is 24.1 Å². The third-order valence-electron chi connectivity index (χ3n) is 4.20. The molecule has 2 aromatic rings. The van der Waals surface area contributed by atoms with Gasteiger partial charge in [0.25, 0.3) is 5.91 Å². The highest BCUT2D eigenvalue weighted by molar-refractivity contribution is 5.88. The van der Waals surface area contributed by atoms with Crippen LogP contribution in [0.4, 0.5) is 0 Å². The number of hydrogen-bond acceptors (Lipinski definition) is 3. The fourth-order valence-electron chi connectivity index (χ4n) is 3.06. The largest absolute Gasteiger partial charge is 0.481 e. The van der Waals surface area contributed by atoms with Gasteiger partial charge in [-0.2, -0.15) is 0 Å². The zero-order valence-corrected chi connectivity index (χ0v) is 13.4. The molecule has 0 aromatic heterocycles. The molecule has 3 rings (SSSR count). The van der Waals surface area contributed by atoms with Gasteiger partial charge in [-0.15, -0.1) is 0 Å². The Hall–Kier alpha value is -2.82. The van der Waals surface area contributed by atoms with Crippen LogP contribution in [0.5, 0.6) is 5.75 Å². The van der Waals surface area contributed by atoms with Crippen LogP contribution in [0.3, 0.4) is 0 Å². The maximum atomic E-state index is 12.8. The highest BCUT2D eigenvalue weighted by Crippen LogP contribution is 2.30. The minimum Gasteiger partial charge on any atom is -0.481 e. The molecule has 24 heavy (non-hydrogen) atoms. The molecule has 1 N–H and O–H groups in total. The Morgan fingerprint density at radius 2 is 1.79 bits per heavy atom. The van der Waals surface area contributed by atoms with Crippen LogP contribution in [0.15, 0.2) is 54.6 Å². The topological polar surface area (TPSA) is 66.8 Å². The number of benzene rings is 2. The van der Waals surface area contributed by atoms with Crippen LogP contribution in [0.25, 0.3) is 0 Å². The second-order valence-electron chi connectivity index (χ2n) is 5.79. The summed E-state index contributed by atoms with van der Waals surface area (Å²) in [4.78, 5) is 25.9. The van der Waals surface area contributed by atoms with Crippen molar-refractivity contribution in [3.8, 4) is 5.75 Å². The van der Waals surface area contributed by atoms with Crippen molar-refractivity contribution in [1.82, 2.24) is 4.90 Å². The first-order valence-corrected chi connectivity index (χ1v) is 7.90. The predicted octanol–water partition coefficient (Wildman–Crippen LogP) is 2.66. The molecule has 0 bridgehead atoms. The predicted molar refractivity (Wildman–Crippen MR) is 88.8 cm³/mol. The van der Waals surface area contributed by atoms with E-state index in [2.05, 4.69) is 0 Å². The van der Waals surface area contributed by atoms with Crippen molar-refractivity contribution in [2.24, 2.45) is 0 Å². The first-order valence-electron chi connectivity index (χ1n) is 7.90. The molecule has 0 saturated carbocycles. The fraction of sp³-hybridized carbons (Fsp3) is 0.263. The number of para-hydroxylation sites is 1. The molecule has 0 saturated heterocycles. The van der Waals surface area contributed by atoms with Gasteiger partial charge in [0.05, 0.1) is 0 Å². The Balaban J connectivity index is 1.82. The average Bonchev–Trinajstić information content (AvgIpc) is 2.60. The molecule has 0 spiro atoms. The molecule has 1 amide bonds. The molecule has 0 fully saturated rings. The molecule has 2 atom stereocenters. The van der Waals surface area contributed by atoms with Crippen LogP contribution < -0.4 is 4.74 Å². The molecule has 1 aliphatic rings. The van der Waals surface area contributed by atoms with Crippen molar-refractivity contribution in [1.29, 1.82) is 0 Å². The van der Waals surface area contributed by atoms with Gasteiger partial charge < -0.3 is 14.7 Å². The van der Waals surface area contributed by atoms with Gasteiger partial charge >= 0.3 is 5.97 Å². The summed E-state index contributed by atoms with van der Waals surface area (Å²) in [5, 5.41) is 9.64. The highest BCUT2D eigenvalue weighted by atomic mass is 16.5. The highest BCUT2D eigenvalue weighted by Gasteiger charge is 2.37. The van der Waals surface area contributed by atoms with Gasteiger partial charge in [0.2, 0.25) is 0 Å². The third kappa shape index (κ3) is 3.11. The van der Waals surface area contributed by atoms with Crippen LogP contribution in [0, 0.1) is 0 Å². The molecule has 124 valence electrons. The molecule has 1 aliphatic heterocycles. The van der Waals surface area contributed by atoms with E-state index in [4.69, 9.17) is 4.74 Å². The summed E-state index contributed by atoms with van der Waals surface area (Å²) in [6, 6.07) is 15.4. The summed E-state index contributed by atoms with van der Waals surface area (Å²) < 4.78 is 5.66. The van der Waals surface area contributed by atoms with E-state index in [1.165, 1.54) is 4.90 Å². The van der Waals surface area contributed by atoms with Gasteiger partial charge in [0, 0.05) is 6.54 Å². The number of amides is 1. The number of carboxylic acid groups (broad SMARTS) is 1. The Morgan fingerprint density at radius 1 is 1.12 bits per heavy atom. The summed E-state index contributed by atoms with van der Waals surface area (Å²) in [5.74, 6) is -0.759. The minimum absolute atomic E-state index is 0.319. The van der Waals surface area contributed by atoms with Crippen LogP contribution in [-0.4, -0.2) is 34.5 Å². The van der Waals surface area contributed by atoms with Crippen molar-refractivity contribution in [2.75, 3.05) is 6.54 Å². The second kappa shape index (κ2) is 6.74. The van der Waals surface area contributed by atoms with E-state index < -0.39 is 18.1 Å². The van der Waals surface area contributed by atoms with E-state index in [1.807, 2.05) is 30.3 Å². The van der Waals surface area contributed by atoms with Crippen molar-refractivity contribution >= 4 is 11.9 Å².